The Kier molecular flexibility index (Phi) is 6.30. The largest absolute Gasteiger partial charge is 0.352 e. The average molecular weight is 304 g/mol. The lowest BCUT2D eigenvalue weighted by molar-refractivity contribution is -0.385. The van der Waals surface area contributed by atoms with Gasteiger partial charge in [-0.25, -0.2) is 0 Å². The standard InChI is InChI=1S/C14H16N4O4/c1-3-8-15-13(19)9-10(2)16-17-14(20)11-6-4-5-7-12(11)18(21)22/h3-7,16H,1-2,8-9H2,(H,15,19)(H,17,20). The summed E-state index contributed by atoms with van der Waals surface area (Å²) in [5, 5.41) is 13.4. The molecule has 1 rings (SSSR count). The molecule has 1 aromatic rings. The lowest BCUT2D eigenvalue weighted by Gasteiger charge is -2.11. The molecule has 0 spiro atoms. The zero-order valence-electron chi connectivity index (χ0n) is 11.8. The summed E-state index contributed by atoms with van der Waals surface area (Å²) < 4.78 is 0. The van der Waals surface area contributed by atoms with Gasteiger partial charge in [-0.05, 0) is 6.07 Å². The van der Waals surface area contributed by atoms with Crippen LogP contribution in [0.1, 0.15) is 16.8 Å². The van der Waals surface area contributed by atoms with E-state index in [1.165, 1.54) is 30.3 Å². The zero-order valence-corrected chi connectivity index (χ0v) is 11.8. The second kappa shape index (κ2) is 8.20. The van der Waals surface area contributed by atoms with Gasteiger partial charge in [-0.3, -0.25) is 25.1 Å². The number of nitrogens with one attached hydrogen (secondary N) is 3. The predicted octanol–water partition coefficient (Wildman–Crippen LogP) is 1.04. The highest BCUT2D eigenvalue weighted by atomic mass is 16.6. The second-order valence-corrected chi connectivity index (χ2v) is 4.23. The highest BCUT2D eigenvalue weighted by molar-refractivity contribution is 5.97. The predicted molar refractivity (Wildman–Crippen MR) is 80.7 cm³/mol. The van der Waals surface area contributed by atoms with Gasteiger partial charge in [-0.2, -0.15) is 0 Å². The molecule has 3 N–H and O–H groups in total. The number of nitro groups is 1. The molecule has 116 valence electrons. The van der Waals surface area contributed by atoms with E-state index in [1.807, 2.05) is 0 Å². The minimum absolute atomic E-state index is 0.0506. The van der Waals surface area contributed by atoms with E-state index in [-0.39, 0.29) is 29.3 Å². The maximum absolute atomic E-state index is 11.9. The topological polar surface area (TPSA) is 113 Å². The van der Waals surface area contributed by atoms with E-state index in [9.17, 15) is 19.7 Å². The van der Waals surface area contributed by atoms with Gasteiger partial charge in [-0.1, -0.05) is 24.8 Å². The summed E-state index contributed by atoms with van der Waals surface area (Å²) in [6, 6.07) is 5.53. The van der Waals surface area contributed by atoms with E-state index in [0.29, 0.717) is 6.54 Å². The van der Waals surface area contributed by atoms with Crippen molar-refractivity contribution in [2.45, 2.75) is 6.42 Å². The van der Waals surface area contributed by atoms with Gasteiger partial charge >= 0.3 is 0 Å². The van der Waals surface area contributed by atoms with Crippen molar-refractivity contribution in [3.63, 3.8) is 0 Å². The molecule has 8 nitrogen and oxygen atoms in total. The van der Waals surface area contributed by atoms with E-state index >= 15 is 0 Å². The molecule has 1 aromatic carbocycles. The molecule has 0 fully saturated rings. The molecule has 0 aliphatic carbocycles. The molecule has 0 unspecified atom stereocenters. The lowest BCUT2D eigenvalue weighted by Crippen LogP contribution is -2.38. The van der Waals surface area contributed by atoms with Crippen LogP contribution in [0.2, 0.25) is 0 Å². The number of hydrazine groups is 1. The van der Waals surface area contributed by atoms with Crippen LogP contribution in [0.5, 0.6) is 0 Å². The number of amides is 2. The third kappa shape index (κ3) is 5.08. The van der Waals surface area contributed by atoms with E-state index in [0.717, 1.165) is 0 Å². The van der Waals surface area contributed by atoms with Gasteiger partial charge in [0.15, 0.2) is 0 Å². The fourth-order valence-electron chi connectivity index (χ4n) is 1.52. The Morgan fingerprint density at radius 2 is 1.95 bits per heavy atom. The van der Waals surface area contributed by atoms with Crippen molar-refractivity contribution >= 4 is 17.5 Å². The monoisotopic (exact) mass is 304 g/mol. The summed E-state index contributed by atoms with van der Waals surface area (Å²) in [6.07, 6.45) is 1.48. The van der Waals surface area contributed by atoms with Gasteiger partial charge in [0, 0.05) is 18.3 Å². The molecule has 0 atom stereocenters. The SMILES string of the molecule is C=CCNC(=O)CC(=C)NNC(=O)c1ccccc1[N+](=O)[O-]. The number of nitrogens with zero attached hydrogens (tertiary/aromatic N) is 1. The molecular formula is C14H16N4O4. The number of carbonyl (C=O) groups is 2. The Balaban J connectivity index is 2.56. The minimum Gasteiger partial charge on any atom is -0.352 e. The average Bonchev–Trinajstić information content (AvgIpc) is 2.50. The number of para-hydroxylation sites is 1. The third-order valence-electron chi connectivity index (χ3n) is 2.52. The number of hydrogen-bond acceptors (Lipinski definition) is 5. The zero-order chi connectivity index (χ0) is 16.5. The molecule has 0 bridgehead atoms. The van der Waals surface area contributed by atoms with E-state index in [2.05, 4.69) is 29.3 Å². The molecule has 0 saturated heterocycles. The fraction of sp³-hybridized carbons (Fsp3) is 0.143. The van der Waals surface area contributed by atoms with Crippen LogP contribution in [0.4, 0.5) is 5.69 Å². The Labute approximate surface area is 127 Å². The van der Waals surface area contributed by atoms with Crippen molar-refractivity contribution in [1.82, 2.24) is 16.2 Å². The first kappa shape index (κ1) is 16.9. The van der Waals surface area contributed by atoms with Gasteiger partial charge in [0.1, 0.15) is 5.56 Å². The van der Waals surface area contributed by atoms with Gasteiger partial charge in [-0.15, -0.1) is 6.58 Å². The quantitative estimate of drug-likeness (QED) is 0.377. The van der Waals surface area contributed by atoms with Crippen LogP contribution in [-0.2, 0) is 4.79 Å². The van der Waals surface area contributed by atoms with Gasteiger partial charge in [0.2, 0.25) is 5.91 Å². The lowest BCUT2D eigenvalue weighted by atomic mass is 10.2. The molecule has 8 heteroatoms. The summed E-state index contributed by atoms with van der Waals surface area (Å²) in [7, 11) is 0. The number of carbonyl (C=O) groups excluding carboxylic acids is 2. The van der Waals surface area contributed by atoms with Crippen LogP contribution >= 0.6 is 0 Å². The molecular weight excluding hydrogens is 288 g/mol. The molecule has 0 aromatic heterocycles. The van der Waals surface area contributed by atoms with Crippen molar-refractivity contribution < 1.29 is 14.5 Å². The number of nitro benzene ring substituents is 1. The second-order valence-electron chi connectivity index (χ2n) is 4.23. The Morgan fingerprint density at radius 1 is 1.27 bits per heavy atom. The highest BCUT2D eigenvalue weighted by Crippen LogP contribution is 2.16. The van der Waals surface area contributed by atoms with Crippen molar-refractivity contribution in [2.24, 2.45) is 0 Å². The van der Waals surface area contributed by atoms with Crippen LogP contribution in [0.25, 0.3) is 0 Å². The summed E-state index contributed by atoms with van der Waals surface area (Å²) in [5.74, 6) is -0.989. The number of hydrogen-bond donors (Lipinski definition) is 3. The van der Waals surface area contributed by atoms with E-state index in [4.69, 9.17) is 0 Å². The minimum atomic E-state index is -0.694. The van der Waals surface area contributed by atoms with Crippen molar-refractivity contribution in [3.05, 3.63) is 64.9 Å². The van der Waals surface area contributed by atoms with Crippen LogP contribution in [-0.4, -0.2) is 23.3 Å². The molecule has 0 aliphatic heterocycles. The van der Waals surface area contributed by atoms with Crippen LogP contribution < -0.4 is 16.2 Å². The summed E-state index contributed by atoms with van der Waals surface area (Å²) in [5.41, 5.74) is 4.55. The fourth-order valence-corrected chi connectivity index (χ4v) is 1.52. The van der Waals surface area contributed by atoms with Crippen molar-refractivity contribution in [3.8, 4) is 0 Å². The molecule has 0 saturated carbocycles. The van der Waals surface area contributed by atoms with Crippen LogP contribution in [0, 0.1) is 10.1 Å². The van der Waals surface area contributed by atoms with Crippen molar-refractivity contribution in [2.75, 3.05) is 6.54 Å². The number of rotatable bonds is 8. The smallest absolute Gasteiger partial charge is 0.282 e. The van der Waals surface area contributed by atoms with E-state index < -0.39 is 10.8 Å². The molecule has 0 radical (unpaired) electrons. The molecule has 2 amide bonds. The van der Waals surface area contributed by atoms with Crippen molar-refractivity contribution in [1.29, 1.82) is 0 Å². The Morgan fingerprint density at radius 3 is 2.59 bits per heavy atom. The van der Waals surface area contributed by atoms with E-state index in [1.54, 1.807) is 0 Å². The van der Waals surface area contributed by atoms with Gasteiger partial charge < -0.3 is 10.7 Å². The Bertz CT molecular complexity index is 613. The maximum Gasteiger partial charge on any atom is 0.282 e. The van der Waals surface area contributed by atoms with Crippen LogP contribution in [0.3, 0.4) is 0 Å². The van der Waals surface area contributed by atoms with Gasteiger partial charge in [0.25, 0.3) is 11.6 Å². The summed E-state index contributed by atoms with van der Waals surface area (Å²) in [6.45, 7) is 7.37. The third-order valence-corrected chi connectivity index (χ3v) is 2.52. The highest BCUT2D eigenvalue weighted by Gasteiger charge is 2.19. The molecule has 0 aliphatic rings. The Hall–Kier alpha value is -3.16. The first-order valence-electron chi connectivity index (χ1n) is 6.31. The first-order valence-corrected chi connectivity index (χ1v) is 6.31. The summed E-state index contributed by atoms with van der Waals surface area (Å²) in [4.78, 5) is 33.5. The first-order chi connectivity index (χ1) is 10.5. The normalized spacial score (nSPS) is 9.45. The summed E-state index contributed by atoms with van der Waals surface area (Å²) >= 11 is 0. The molecule has 22 heavy (non-hydrogen) atoms. The maximum atomic E-state index is 11.9. The number of benzene rings is 1. The van der Waals surface area contributed by atoms with Crippen LogP contribution in [0.15, 0.2) is 49.2 Å². The molecule has 0 heterocycles. The van der Waals surface area contributed by atoms with Gasteiger partial charge in [0.05, 0.1) is 11.3 Å².